The average molecular weight is 456 g/mol. The van der Waals surface area contributed by atoms with E-state index in [9.17, 15) is 14.7 Å². The van der Waals surface area contributed by atoms with Crippen LogP contribution in [0.5, 0.6) is 11.6 Å². The second-order valence-corrected chi connectivity index (χ2v) is 8.56. The van der Waals surface area contributed by atoms with Gasteiger partial charge in [-0.25, -0.2) is 4.98 Å². The molecule has 2 aromatic rings. The number of ether oxygens (including phenoxy) is 2. The Morgan fingerprint density at radius 3 is 2.79 bits per heavy atom. The number of aromatic nitrogens is 1. The summed E-state index contributed by atoms with van der Waals surface area (Å²) in [5, 5.41) is 9.80. The van der Waals surface area contributed by atoms with Crippen LogP contribution in [0, 0.1) is 5.92 Å². The molecule has 8 nitrogen and oxygen atoms in total. The fourth-order valence-corrected chi connectivity index (χ4v) is 3.92. The van der Waals surface area contributed by atoms with Gasteiger partial charge in [-0.05, 0) is 30.7 Å². The van der Waals surface area contributed by atoms with Crippen LogP contribution in [-0.4, -0.2) is 77.7 Å². The molecule has 3 rings (SSSR count). The van der Waals surface area contributed by atoms with Gasteiger partial charge in [0.15, 0.2) is 0 Å². The Labute approximate surface area is 195 Å². The Hall–Kier alpha value is -3.13. The summed E-state index contributed by atoms with van der Waals surface area (Å²) < 4.78 is 11.6. The molecule has 33 heavy (non-hydrogen) atoms. The first-order valence-corrected chi connectivity index (χ1v) is 11.3. The van der Waals surface area contributed by atoms with Crippen LogP contribution in [0.15, 0.2) is 36.5 Å². The van der Waals surface area contributed by atoms with Gasteiger partial charge in [-0.15, -0.1) is 0 Å². The maximum atomic E-state index is 13.5. The van der Waals surface area contributed by atoms with Crippen molar-refractivity contribution in [2.75, 3.05) is 33.9 Å². The lowest BCUT2D eigenvalue weighted by Gasteiger charge is -2.37. The van der Waals surface area contributed by atoms with E-state index in [4.69, 9.17) is 9.47 Å². The summed E-state index contributed by atoms with van der Waals surface area (Å²) in [6, 6.07) is 8.92. The second-order valence-electron chi connectivity index (χ2n) is 8.56. The highest BCUT2D eigenvalue weighted by atomic mass is 16.5. The summed E-state index contributed by atoms with van der Waals surface area (Å²) >= 11 is 0. The van der Waals surface area contributed by atoms with Gasteiger partial charge in [0.25, 0.3) is 5.91 Å². The first-order valence-electron chi connectivity index (χ1n) is 11.3. The second kappa shape index (κ2) is 10.7. The van der Waals surface area contributed by atoms with Crippen LogP contribution in [-0.2, 0) is 4.79 Å². The minimum atomic E-state index is -0.373. The zero-order chi connectivity index (χ0) is 24.1. The van der Waals surface area contributed by atoms with Gasteiger partial charge < -0.3 is 24.4 Å². The third-order valence-electron chi connectivity index (χ3n) is 6.11. The number of methoxy groups -OCH3 is 1. The van der Waals surface area contributed by atoms with Crippen molar-refractivity contribution in [3.05, 3.63) is 42.1 Å². The minimum absolute atomic E-state index is 0.0195. The van der Waals surface area contributed by atoms with E-state index in [-0.39, 0.29) is 42.4 Å². The van der Waals surface area contributed by atoms with Gasteiger partial charge in [0, 0.05) is 37.7 Å². The van der Waals surface area contributed by atoms with E-state index in [1.54, 1.807) is 36.2 Å². The van der Waals surface area contributed by atoms with Gasteiger partial charge in [-0.1, -0.05) is 26.0 Å². The lowest BCUT2D eigenvalue weighted by Crippen LogP contribution is -2.50. The molecule has 0 fully saturated rings. The molecule has 0 saturated carbocycles. The van der Waals surface area contributed by atoms with E-state index in [0.717, 1.165) is 11.1 Å². The molecule has 1 aromatic heterocycles. The number of hydrogen-bond donors (Lipinski definition) is 1. The number of pyridine rings is 1. The van der Waals surface area contributed by atoms with Gasteiger partial charge in [0.05, 0.1) is 26.3 Å². The van der Waals surface area contributed by atoms with Gasteiger partial charge >= 0.3 is 0 Å². The molecule has 3 atom stereocenters. The van der Waals surface area contributed by atoms with Crippen molar-refractivity contribution in [1.29, 1.82) is 0 Å². The summed E-state index contributed by atoms with van der Waals surface area (Å²) in [6.45, 7) is 6.23. The fraction of sp³-hybridized carbons (Fsp3) is 0.480. The standard InChI is InChI=1S/C25H33N3O5/c1-6-23(30)27(4)14-22-16(2)13-28(17(3)15-29)25(31)21-11-19(12-26-24(21)33-22)18-8-7-9-20(10-18)32-5/h7-12,16-17,22,29H,6,13-15H2,1-5H3/t16-,17+,22+/m1/s1. The number of fused-ring (bicyclic) bond motifs is 1. The topological polar surface area (TPSA) is 92.2 Å². The van der Waals surface area contributed by atoms with Crippen LogP contribution in [0.4, 0.5) is 0 Å². The van der Waals surface area contributed by atoms with Gasteiger partial charge in [0.1, 0.15) is 17.4 Å². The fourth-order valence-electron chi connectivity index (χ4n) is 3.92. The van der Waals surface area contributed by atoms with Crippen molar-refractivity contribution in [2.24, 2.45) is 5.92 Å². The first kappa shape index (κ1) is 24.5. The number of carbonyl (C=O) groups excluding carboxylic acids is 2. The van der Waals surface area contributed by atoms with Gasteiger partial charge in [-0.3, -0.25) is 9.59 Å². The molecule has 1 aliphatic heterocycles. The SMILES string of the molecule is CCC(=O)N(C)C[C@@H]1Oc2ncc(-c3cccc(OC)c3)cc2C(=O)N([C@@H](C)CO)C[C@H]1C. The molecule has 0 radical (unpaired) electrons. The number of aliphatic hydroxyl groups excluding tert-OH is 1. The van der Waals surface area contributed by atoms with Crippen molar-refractivity contribution in [1.82, 2.24) is 14.8 Å². The van der Waals surface area contributed by atoms with Crippen LogP contribution < -0.4 is 9.47 Å². The molecule has 2 heterocycles. The highest BCUT2D eigenvalue weighted by Gasteiger charge is 2.34. The van der Waals surface area contributed by atoms with Crippen LogP contribution in [0.1, 0.15) is 37.6 Å². The van der Waals surface area contributed by atoms with Crippen molar-refractivity contribution in [3.63, 3.8) is 0 Å². The molecule has 0 bridgehead atoms. The normalized spacial score (nSPS) is 19.1. The van der Waals surface area contributed by atoms with E-state index >= 15 is 0 Å². The lowest BCUT2D eigenvalue weighted by molar-refractivity contribution is -0.131. The smallest absolute Gasteiger partial charge is 0.259 e. The molecule has 0 aliphatic carbocycles. The predicted octanol–water partition coefficient (Wildman–Crippen LogP) is 2.85. The first-order chi connectivity index (χ1) is 15.8. The number of benzene rings is 1. The highest BCUT2D eigenvalue weighted by molar-refractivity contribution is 5.98. The van der Waals surface area contributed by atoms with E-state index in [1.165, 1.54) is 0 Å². The van der Waals surface area contributed by atoms with Crippen molar-refractivity contribution >= 4 is 11.8 Å². The highest BCUT2D eigenvalue weighted by Crippen LogP contribution is 2.31. The number of rotatable bonds is 7. The van der Waals surface area contributed by atoms with E-state index < -0.39 is 0 Å². The van der Waals surface area contributed by atoms with E-state index in [1.807, 2.05) is 45.0 Å². The molecule has 2 amide bonds. The molecule has 1 aliphatic rings. The van der Waals surface area contributed by atoms with Crippen LogP contribution >= 0.6 is 0 Å². The van der Waals surface area contributed by atoms with Crippen molar-refractivity contribution in [3.8, 4) is 22.8 Å². The maximum absolute atomic E-state index is 13.5. The minimum Gasteiger partial charge on any atom is -0.497 e. The van der Waals surface area contributed by atoms with E-state index in [0.29, 0.717) is 30.8 Å². The van der Waals surface area contributed by atoms with Crippen LogP contribution in [0.3, 0.4) is 0 Å². The third-order valence-corrected chi connectivity index (χ3v) is 6.11. The molecular weight excluding hydrogens is 422 g/mol. The monoisotopic (exact) mass is 455 g/mol. The Kier molecular flexibility index (Phi) is 7.92. The molecule has 0 saturated heterocycles. The predicted molar refractivity (Wildman–Crippen MR) is 125 cm³/mol. The molecule has 8 heteroatoms. The summed E-state index contributed by atoms with van der Waals surface area (Å²) in [7, 11) is 3.35. The number of amides is 2. The molecule has 1 N–H and O–H groups in total. The van der Waals surface area contributed by atoms with Crippen LogP contribution in [0.25, 0.3) is 11.1 Å². The summed E-state index contributed by atoms with van der Waals surface area (Å²) in [5.41, 5.74) is 1.95. The number of likely N-dealkylation sites (N-methyl/N-ethyl adjacent to an activating group) is 1. The van der Waals surface area contributed by atoms with Crippen LogP contribution in [0.2, 0.25) is 0 Å². The number of aliphatic hydroxyl groups is 1. The maximum Gasteiger partial charge on any atom is 0.259 e. The zero-order valence-corrected chi connectivity index (χ0v) is 19.9. The molecular formula is C25H33N3O5. The zero-order valence-electron chi connectivity index (χ0n) is 19.9. The average Bonchev–Trinajstić information content (AvgIpc) is 2.84. The number of carbonyl (C=O) groups is 2. The molecule has 0 spiro atoms. The van der Waals surface area contributed by atoms with Gasteiger partial charge in [-0.2, -0.15) is 0 Å². The summed E-state index contributed by atoms with van der Waals surface area (Å²) in [4.78, 5) is 33.5. The molecule has 0 unspecified atom stereocenters. The van der Waals surface area contributed by atoms with Gasteiger partial charge in [0.2, 0.25) is 11.8 Å². The summed E-state index contributed by atoms with van der Waals surface area (Å²) in [6.07, 6.45) is 1.72. The van der Waals surface area contributed by atoms with E-state index in [2.05, 4.69) is 4.98 Å². The molecule has 178 valence electrons. The Morgan fingerprint density at radius 2 is 2.12 bits per heavy atom. The Bertz CT molecular complexity index is 996. The Morgan fingerprint density at radius 1 is 1.36 bits per heavy atom. The Balaban J connectivity index is 2.04. The molecule has 1 aromatic carbocycles. The lowest BCUT2D eigenvalue weighted by atomic mass is 9.99. The quantitative estimate of drug-likeness (QED) is 0.690. The largest absolute Gasteiger partial charge is 0.497 e. The van der Waals surface area contributed by atoms with Crippen molar-refractivity contribution in [2.45, 2.75) is 39.3 Å². The third kappa shape index (κ3) is 5.45. The number of nitrogens with zero attached hydrogens (tertiary/aromatic N) is 3. The number of hydrogen-bond acceptors (Lipinski definition) is 6. The summed E-state index contributed by atoms with van der Waals surface area (Å²) in [5.74, 6) is 0.631. The van der Waals surface area contributed by atoms with Crippen molar-refractivity contribution < 1.29 is 24.2 Å².